The van der Waals surface area contributed by atoms with Gasteiger partial charge in [0.1, 0.15) is 5.60 Å². The third kappa shape index (κ3) is 3.77. The Kier molecular flexibility index (Phi) is 4.89. The van der Waals surface area contributed by atoms with Gasteiger partial charge in [0, 0.05) is 13.1 Å². The number of fused-ring (bicyclic) bond motifs is 2. The maximum Gasteiger partial charge on any atom is 0.410 e. The molecule has 3 aliphatic rings. The zero-order valence-electron chi connectivity index (χ0n) is 17.5. The molecule has 2 unspecified atom stereocenters. The van der Waals surface area contributed by atoms with Crippen LogP contribution in [0.5, 0.6) is 0 Å². The molecule has 1 spiro atoms. The number of rotatable bonds is 3. The highest BCUT2D eigenvalue weighted by Crippen LogP contribution is 2.63. The van der Waals surface area contributed by atoms with E-state index in [0.717, 1.165) is 43.3 Å². The lowest BCUT2D eigenvalue weighted by molar-refractivity contribution is 0.0180. The quantitative estimate of drug-likeness (QED) is 0.725. The van der Waals surface area contributed by atoms with Crippen molar-refractivity contribution < 1.29 is 9.53 Å². The maximum absolute atomic E-state index is 12.2. The molecule has 2 atom stereocenters. The summed E-state index contributed by atoms with van der Waals surface area (Å²) in [5, 5.41) is 9.23. The number of benzene rings is 1. The van der Waals surface area contributed by atoms with E-state index in [9.17, 15) is 10.1 Å². The van der Waals surface area contributed by atoms with E-state index in [1.165, 1.54) is 43.2 Å². The average molecular weight is 381 g/mol. The number of hydrogen-bond donors (Lipinski definition) is 0. The van der Waals surface area contributed by atoms with Gasteiger partial charge < -0.3 is 9.64 Å². The van der Waals surface area contributed by atoms with E-state index in [1.807, 2.05) is 31.7 Å². The van der Waals surface area contributed by atoms with E-state index in [1.54, 1.807) is 0 Å². The van der Waals surface area contributed by atoms with Crippen molar-refractivity contribution >= 4 is 6.09 Å². The number of carbonyl (C=O) groups is 1. The fourth-order valence-electron chi connectivity index (χ4n) is 5.38. The van der Waals surface area contributed by atoms with Crippen molar-refractivity contribution in [1.29, 1.82) is 5.26 Å². The van der Waals surface area contributed by atoms with Crippen LogP contribution in [0.2, 0.25) is 0 Å². The van der Waals surface area contributed by atoms with Crippen molar-refractivity contribution in [1.82, 2.24) is 4.90 Å². The molecule has 1 aliphatic heterocycles. The van der Waals surface area contributed by atoms with Crippen LogP contribution >= 0.6 is 0 Å². The standard InChI is InChI=1S/C24H32N2O2/c1-23(2,3)28-22(27)26-12-9-17(10-13-26)5-7-20-15-24(20)11-8-19-6-4-18(16-25)14-21(19)24/h4,6,14,17,20H,5,7-13,15H2,1-3H3. The molecule has 2 fully saturated rings. The lowest BCUT2D eigenvalue weighted by Crippen LogP contribution is -2.41. The van der Waals surface area contributed by atoms with Gasteiger partial charge in [-0.3, -0.25) is 0 Å². The third-order valence-electron chi connectivity index (χ3n) is 7.04. The van der Waals surface area contributed by atoms with Gasteiger partial charge in [-0.1, -0.05) is 12.5 Å². The van der Waals surface area contributed by atoms with Crippen LogP contribution in [-0.2, 0) is 16.6 Å². The predicted octanol–water partition coefficient (Wildman–Crippen LogP) is 5.19. The van der Waals surface area contributed by atoms with E-state index in [-0.39, 0.29) is 6.09 Å². The van der Waals surface area contributed by atoms with Gasteiger partial charge in [-0.2, -0.15) is 5.26 Å². The average Bonchev–Trinajstić information content (AvgIpc) is 3.25. The minimum atomic E-state index is -0.419. The Bertz CT molecular complexity index is 796. The molecule has 4 nitrogen and oxygen atoms in total. The Morgan fingerprint density at radius 1 is 1.29 bits per heavy atom. The molecule has 1 saturated heterocycles. The van der Waals surface area contributed by atoms with Gasteiger partial charge in [0.05, 0.1) is 11.6 Å². The second kappa shape index (κ2) is 7.10. The summed E-state index contributed by atoms with van der Waals surface area (Å²) in [4.78, 5) is 14.1. The highest BCUT2D eigenvalue weighted by molar-refractivity contribution is 5.68. The van der Waals surface area contributed by atoms with E-state index in [2.05, 4.69) is 18.2 Å². The Balaban J connectivity index is 1.26. The second-order valence-electron chi connectivity index (χ2n) is 10.0. The molecular weight excluding hydrogens is 348 g/mol. The van der Waals surface area contributed by atoms with Crippen LogP contribution in [-0.4, -0.2) is 29.7 Å². The third-order valence-corrected chi connectivity index (χ3v) is 7.04. The van der Waals surface area contributed by atoms with Crippen LogP contribution in [0.3, 0.4) is 0 Å². The molecule has 1 amide bonds. The molecule has 1 saturated carbocycles. The van der Waals surface area contributed by atoms with E-state index < -0.39 is 5.60 Å². The number of nitrogens with zero attached hydrogens (tertiary/aromatic N) is 2. The SMILES string of the molecule is CC(C)(C)OC(=O)N1CCC(CCC2CC23CCc2ccc(C#N)cc23)CC1. The summed E-state index contributed by atoms with van der Waals surface area (Å²) in [6, 6.07) is 8.60. The number of carbonyl (C=O) groups excluding carboxylic acids is 1. The first-order valence-electron chi connectivity index (χ1n) is 10.8. The molecule has 4 heteroatoms. The van der Waals surface area contributed by atoms with Gasteiger partial charge in [0.15, 0.2) is 0 Å². The maximum atomic E-state index is 12.2. The number of piperidine rings is 1. The Hall–Kier alpha value is -2.02. The monoisotopic (exact) mass is 380 g/mol. The van der Waals surface area contributed by atoms with Crippen LogP contribution in [0.25, 0.3) is 0 Å². The molecule has 150 valence electrons. The highest BCUT2D eigenvalue weighted by atomic mass is 16.6. The van der Waals surface area contributed by atoms with Crippen molar-refractivity contribution in [2.24, 2.45) is 11.8 Å². The van der Waals surface area contributed by atoms with E-state index in [4.69, 9.17) is 4.74 Å². The van der Waals surface area contributed by atoms with Gasteiger partial charge in [0.25, 0.3) is 0 Å². The van der Waals surface area contributed by atoms with Crippen LogP contribution in [0.1, 0.15) is 76.0 Å². The first-order chi connectivity index (χ1) is 13.3. The molecule has 1 aromatic rings. The molecule has 0 radical (unpaired) electrons. The van der Waals surface area contributed by atoms with Gasteiger partial charge in [-0.15, -0.1) is 0 Å². The molecule has 4 rings (SSSR count). The zero-order valence-corrected chi connectivity index (χ0v) is 17.5. The molecule has 1 aromatic carbocycles. The van der Waals surface area contributed by atoms with Crippen molar-refractivity contribution in [3.8, 4) is 6.07 Å². The number of likely N-dealkylation sites (tertiary alicyclic amines) is 1. The number of ether oxygens (including phenoxy) is 1. The molecular formula is C24H32N2O2. The number of nitriles is 1. The fourth-order valence-corrected chi connectivity index (χ4v) is 5.38. The number of amides is 1. The second-order valence-corrected chi connectivity index (χ2v) is 10.0. The van der Waals surface area contributed by atoms with Crippen LogP contribution in [0.15, 0.2) is 18.2 Å². The summed E-state index contributed by atoms with van der Waals surface area (Å²) in [7, 11) is 0. The minimum Gasteiger partial charge on any atom is -0.444 e. The van der Waals surface area contributed by atoms with E-state index in [0.29, 0.717) is 5.41 Å². The van der Waals surface area contributed by atoms with Crippen molar-refractivity contribution in [3.05, 3.63) is 34.9 Å². The van der Waals surface area contributed by atoms with Crippen LogP contribution < -0.4 is 0 Å². The summed E-state index contributed by atoms with van der Waals surface area (Å²) in [5.74, 6) is 1.51. The normalized spacial score (nSPS) is 26.8. The van der Waals surface area contributed by atoms with Crippen LogP contribution in [0.4, 0.5) is 4.79 Å². The Morgan fingerprint density at radius 3 is 2.71 bits per heavy atom. The van der Waals surface area contributed by atoms with Crippen molar-refractivity contribution in [2.75, 3.05) is 13.1 Å². The van der Waals surface area contributed by atoms with Gasteiger partial charge >= 0.3 is 6.09 Å². The summed E-state index contributed by atoms with van der Waals surface area (Å²) in [6.07, 6.45) is 8.30. The topological polar surface area (TPSA) is 53.3 Å². The molecule has 0 N–H and O–H groups in total. The predicted molar refractivity (Wildman–Crippen MR) is 109 cm³/mol. The Labute approximate surface area is 168 Å². The largest absolute Gasteiger partial charge is 0.444 e. The Morgan fingerprint density at radius 2 is 2.04 bits per heavy atom. The van der Waals surface area contributed by atoms with E-state index >= 15 is 0 Å². The van der Waals surface area contributed by atoms with Gasteiger partial charge in [0.2, 0.25) is 0 Å². The van der Waals surface area contributed by atoms with Crippen LogP contribution in [0, 0.1) is 23.2 Å². The molecule has 2 aliphatic carbocycles. The number of aryl methyl sites for hydroxylation is 1. The lowest BCUT2D eigenvalue weighted by Gasteiger charge is -2.33. The summed E-state index contributed by atoms with van der Waals surface area (Å²) < 4.78 is 5.50. The number of hydrogen-bond acceptors (Lipinski definition) is 3. The molecule has 0 aromatic heterocycles. The highest BCUT2D eigenvalue weighted by Gasteiger charge is 2.57. The fraction of sp³-hybridized carbons (Fsp3) is 0.667. The minimum absolute atomic E-state index is 0.164. The van der Waals surface area contributed by atoms with Gasteiger partial charge in [-0.25, -0.2) is 4.79 Å². The zero-order chi connectivity index (χ0) is 19.9. The lowest BCUT2D eigenvalue weighted by atomic mass is 9.88. The molecule has 28 heavy (non-hydrogen) atoms. The molecule has 0 bridgehead atoms. The van der Waals surface area contributed by atoms with Gasteiger partial charge in [-0.05, 0) is 99.8 Å². The van der Waals surface area contributed by atoms with Crippen molar-refractivity contribution in [3.63, 3.8) is 0 Å². The van der Waals surface area contributed by atoms with Crippen molar-refractivity contribution in [2.45, 2.75) is 76.7 Å². The molecule has 1 heterocycles. The summed E-state index contributed by atoms with van der Waals surface area (Å²) >= 11 is 0. The first-order valence-corrected chi connectivity index (χ1v) is 10.8. The summed E-state index contributed by atoms with van der Waals surface area (Å²) in [5.41, 5.74) is 3.69. The first kappa shape index (κ1) is 19.3. The summed E-state index contributed by atoms with van der Waals surface area (Å²) in [6.45, 7) is 7.41. The smallest absolute Gasteiger partial charge is 0.410 e.